The number of ether oxygens (including phenoxy) is 1. The molecule has 0 radical (unpaired) electrons. The number of ketones is 1. The molecule has 1 aliphatic rings. The van der Waals surface area contributed by atoms with E-state index in [1.54, 1.807) is 21.0 Å². The fraction of sp³-hybridized carbons (Fsp3) is 0.444. The molecule has 0 saturated heterocycles. The molecule has 2 aromatic rings. The number of nitrogens with zero attached hydrogens (tertiary/aromatic N) is 1. The molecule has 5 nitrogen and oxygen atoms in total. The van der Waals surface area contributed by atoms with Crippen LogP contribution in [0.1, 0.15) is 42.3 Å². The maximum Gasteiger partial charge on any atom is 0.136 e. The second-order valence-corrected chi connectivity index (χ2v) is 6.59. The number of rotatable bonds is 3. The molecule has 5 heteroatoms. The quantitative estimate of drug-likeness (QED) is 0.912. The third-order valence-electron chi connectivity index (χ3n) is 4.80. The van der Waals surface area contributed by atoms with Crippen LogP contribution in [0.15, 0.2) is 24.3 Å². The molecule has 3 rings (SSSR count). The van der Waals surface area contributed by atoms with Gasteiger partial charge in [0.1, 0.15) is 11.5 Å². The molecule has 0 spiro atoms. The van der Waals surface area contributed by atoms with Gasteiger partial charge in [0.15, 0.2) is 0 Å². The van der Waals surface area contributed by atoms with E-state index < -0.39 is 11.5 Å². The number of H-pyrrole nitrogens is 1. The number of fused-ring (bicyclic) bond motifs is 1. The van der Waals surface area contributed by atoms with Crippen LogP contribution in [0.5, 0.6) is 5.75 Å². The zero-order chi connectivity index (χ0) is 16.8. The normalized spacial score (nSPS) is 26.7. The first-order valence-electron chi connectivity index (χ1n) is 7.75. The minimum atomic E-state index is -1.13. The van der Waals surface area contributed by atoms with E-state index in [0.29, 0.717) is 6.42 Å². The molecule has 0 fully saturated rings. The van der Waals surface area contributed by atoms with Gasteiger partial charge in [-0.15, -0.1) is 0 Å². The van der Waals surface area contributed by atoms with Gasteiger partial charge >= 0.3 is 0 Å². The summed E-state index contributed by atoms with van der Waals surface area (Å²) >= 11 is 0. The number of aliphatic hydroxyl groups is 1. The number of benzene rings is 1. The highest BCUT2D eigenvalue weighted by Crippen LogP contribution is 2.47. The van der Waals surface area contributed by atoms with Gasteiger partial charge in [-0.05, 0) is 38.5 Å². The number of methoxy groups -OCH3 is 1. The summed E-state index contributed by atoms with van der Waals surface area (Å²) < 4.78 is 5.32. The van der Waals surface area contributed by atoms with Crippen LogP contribution in [0.25, 0.3) is 0 Å². The van der Waals surface area contributed by atoms with Crippen LogP contribution in [0.2, 0.25) is 0 Å². The van der Waals surface area contributed by atoms with E-state index >= 15 is 0 Å². The molecule has 122 valence electrons. The Morgan fingerprint density at radius 1 is 1.48 bits per heavy atom. The van der Waals surface area contributed by atoms with Crippen LogP contribution < -0.4 is 4.74 Å². The van der Waals surface area contributed by atoms with Crippen LogP contribution in [-0.4, -0.2) is 33.8 Å². The summed E-state index contributed by atoms with van der Waals surface area (Å²) in [5, 5.41) is 18.3. The van der Waals surface area contributed by atoms with Gasteiger partial charge in [0, 0.05) is 23.6 Å². The lowest BCUT2D eigenvalue weighted by atomic mass is 9.64. The summed E-state index contributed by atoms with van der Waals surface area (Å²) in [6.45, 7) is 5.22. The number of aromatic nitrogens is 2. The van der Waals surface area contributed by atoms with E-state index in [-0.39, 0.29) is 11.7 Å². The van der Waals surface area contributed by atoms with Crippen molar-refractivity contribution in [1.29, 1.82) is 0 Å². The first-order chi connectivity index (χ1) is 10.8. The predicted octanol–water partition coefficient (Wildman–Crippen LogP) is 2.37. The average molecular weight is 314 g/mol. The number of hydrogen-bond acceptors (Lipinski definition) is 4. The topological polar surface area (TPSA) is 75.2 Å². The smallest absolute Gasteiger partial charge is 0.136 e. The van der Waals surface area contributed by atoms with Crippen molar-refractivity contribution in [3.05, 3.63) is 46.8 Å². The Bertz CT molecular complexity index is 748. The van der Waals surface area contributed by atoms with Gasteiger partial charge in [0.25, 0.3) is 0 Å². The van der Waals surface area contributed by atoms with E-state index in [1.807, 2.05) is 31.2 Å². The van der Waals surface area contributed by atoms with Crippen molar-refractivity contribution in [1.82, 2.24) is 10.2 Å². The Labute approximate surface area is 135 Å². The Morgan fingerprint density at radius 2 is 2.22 bits per heavy atom. The van der Waals surface area contributed by atoms with Crippen LogP contribution in [0.4, 0.5) is 0 Å². The van der Waals surface area contributed by atoms with E-state index in [0.717, 1.165) is 28.3 Å². The highest BCUT2D eigenvalue weighted by atomic mass is 16.5. The van der Waals surface area contributed by atoms with Crippen molar-refractivity contribution in [2.24, 2.45) is 5.92 Å². The molecule has 3 atom stereocenters. The molecule has 1 aromatic carbocycles. The average Bonchev–Trinajstić information content (AvgIpc) is 2.85. The van der Waals surface area contributed by atoms with Crippen LogP contribution in [0, 0.1) is 12.8 Å². The van der Waals surface area contributed by atoms with Crippen molar-refractivity contribution in [3.63, 3.8) is 0 Å². The number of hydrogen-bond donors (Lipinski definition) is 2. The van der Waals surface area contributed by atoms with Crippen LogP contribution in [-0.2, 0) is 11.2 Å². The zero-order valence-electron chi connectivity index (χ0n) is 13.9. The van der Waals surface area contributed by atoms with Gasteiger partial charge in [-0.2, -0.15) is 5.10 Å². The van der Waals surface area contributed by atoms with Gasteiger partial charge in [-0.25, -0.2) is 0 Å². The lowest BCUT2D eigenvalue weighted by Crippen LogP contribution is -2.48. The first-order valence-corrected chi connectivity index (χ1v) is 7.75. The van der Waals surface area contributed by atoms with Crippen molar-refractivity contribution >= 4 is 5.78 Å². The largest absolute Gasteiger partial charge is 0.497 e. The van der Waals surface area contributed by atoms with E-state index in [4.69, 9.17) is 4.74 Å². The number of aromatic amines is 1. The summed E-state index contributed by atoms with van der Waals surface area (Å²) in [6, 6.07) is 7.68. The van der Waals surface area contributed by atoms with E-state index in [1.165, 1.54) is 0 Å². The molecule has 0 aliphatic heterocycles. The maximum absolute atomic E-state index is 12.4. The molecule has 3 unspecified atom stereocenters. The number of nitrogens with one attached hydrogen (secondary N) is 1. The number of aryl methyl sites for hydroxylation is 1. The molecule has 0 saturated carbocycles. The SMILES string of the molecule is COc1cccc(C2c3c(n[nH]c3C)CC(C)(O)C2C(C)=O)c1. The summed E-state index contributed by atoms with van der Waals surface area (Å²) in [6.07, 6.45) is 0.372. The molecule has 23 heavy (non-hydrogen) atoms. The summed E-state index contributed by atoms with van der Waals surface area (Å²) in [5.74, 6) is -0.0368. The van der Waals surface area contributed by atoms with Crippen molar-refractivity contribution in [2.45, 2.75) is 38.7 Å². The van der Waals surface area contributed by atoms with Crippen molar-refractivity contribution in [2.75, 3.05) is 7.11 Å². The molecule has 1 heterocycles. The van der Waals surface area contributed by atoms with Crippen LogP contribution >= 0.6 is 0 Å². The fourth-order valence-electron chi connectivity index (χ4n) is 3.88. The molecule has 0 bridgehead atoms. The Kier molecular flexibility index (Phi) is 3.76. The minimum absolute atomic E-state index is 0.0194. The third-order valence-corrected chi connectivity index (χ3v) is 4.80. The summed E-state index contributed by atoms with van der Waals surface area (Å²) in [4.78, 5) is 12.4. The highest BCUT2D eigenvalue weighted by molar-refractivity contribution is 5.82. The van der Waals surface area contributed by atoms with Gasteiger partial charge in [-0.1, -0.05) is 12.1 Å². The fourth-order valence-corrected chi connectivity index (χ4v) is 3.88. The Balaban J connectivity index is 2.23. The lowest BCUT2D eigenvalue weighted by molar-refractivity contribution is -0.130. The van der Waals surface area contributed by atoms with E-state index in [2.05, 4.69) is 10.2 Å². The Morgan fingerprint density at radius 3 is 2.87 bits per heavy atom. The van der Waals surface area contributed by atoms with Gasteiger partial charge in [0.05, 0.1) is 24.3 Å². The predicted molar refractivity (Wildman–Crippen MR) is 86.7 cm³/mol. The highest BCUT2D eigenvalue weighted by Gasteiger charge is 2.48. The molecule has 1 aromatic heterocycles. The van der Waals surface area contributed by atoms with E-state index in [9.17, 15) is 9.90 Å². The molecule has 1 aliphatic carbocycles. The zero-order valence-corrected chi connectivity index (χ0v) is 13.9. The third kappa shape index (κ3) is 2.55. The van der Waals surface area contributed by atoms with Gasteiger partial charge < -0.3 is 9.84 Å². The number of Topliss-reactive ketones (excluding diaryl/α,β-unsaturated/α-hetero) is 1. The van der Waals surface area contributed by atoms with Crippen molar-refractivity contribution < 1.29 is 14.6 Å². The summed E-state index contributed by atoms with van der Waals surface area (Å²) in [5.41, 5.74) is 2.61. The number of carbonyl (C=O) groups excluding carboxylic acids is 1. The second-order valence-electron chi connectivity index (χ2n) is 6.59. The first kappa shape index (κ1) is 15.7. The Hall–Kier alpha value is -2.14. The molecular weight excluding hydrogens is 292 g/mol. The monoisotopic (exact) mass is 314 g/mol. The van der Waals surface area contributed by atoms with Gasteiger partial charge in [0.2, 0.25) is 0 Å². The lowest BCUT2D eigenvalue weighted by Gasteiger charge is -2.41. The molecule has 0 amide bonds. The summed E-state index contributed by atoms with van der Waals surface area (Å²) in [7, 11) is 1.62. The minimum Gasteiger partial charge on any atom is -0.497 e. The van der Waals surface area contributed by atoms with Crippen molar-refractivity contribution in [3.8, 4) is 5.75 Å². The second kappa shape index (κ2) is 5.49. The standard InChI is InChI=1S/C18H22N2O3/c1-10-15-14(20-19-10)9-18(3,22)17(11(2)21)16(15)12-6-5-7-13(8-12)23-4/h5-8,16-17,22H,9H2,1-4H3,(H,19,20). The van der Waals surface area contributed by atoms with Crippen LogP contribution in [0.3, 0.4) is 0 Å². The number of carbonyl (C=O) groups is 1. The van der Waals surface area contributed by atoms with Gasteiger partial charge in [-0.3, -0.25) is 9.89 Å². The maximum atomic E-state index is 12.4. The molecular formula is C18H22N2O3. The molecule has 2 N–H and O–H groups in total.